The minimum Gasteiger partial charge on any atom is -0.480 e. The van der Waals surface area contributed by atoms with Crippen LogP contribution in [0.2, 0.25) is 0 Å². The number of aliphatic carboxylic acids is 1. The number of carboxylic acids is 1. The standard InChI is InChI=1S/C12H17N3O2/c1-7(12(16)17)15(3)11-6-10(9-4-5-9)13-8(2)14-11/h6-7,9H,4-5H2,1-3H3,(H,16,17). The summed E-state index contributed by atoms with van der Waals surface area (Å²) >= 11 is 0. The molecule has 92 valence electrons. The second-order valence-electron chi connectivity index (χ2n) is 4.60. The number of carboxylic acid groups (broad SMARTS) is 1. The van der Waals surface area contributed by atoms with Crippen LogP contribution in [0.4, 0.5) is 5.82 Å². The fraction of sp³-hybridized carbons (Fsp3) is 0.583. The average Bonchev–Trinajstić information content (AvgIpc) is 3.09. The molecule has 0 aliphatic heterocycles. The summed E-state index contributed by atoms with van der Waals surface area (Å²) in [5, 5.41) is 8.99. The average molecular weight is 235 g/mol. The molecule has 5 heteroatoms. The Morgan fingerprint density at radius 3 is 2.71 bits per heavy atom. The van der Waals surface area contributed by atoms with E-state index in [-0.39, 0.29) is 0 Å². The van der Waals surface area contributed by atoms with Crippen molar-refractivity contribution < 1.29 is 9.90 Å². The number of aryl methyl sites for hydroxylation is 1. The van der Waals surface area contributed by atoms with Crippen molar-refractivity contribution in [2.45, 2.75) is 38.6 Å². The molecule has 0 spiro atoms. The summed E-state index contributed by atoms with van der Waals surface area (Å²) in [5.74, 6) is 1.09. The highest BCUT2D eigenvalue weighted by molar-refractivity contribution is 5.77. The van der Waals surface area contributed by atoms with Gasteiger partial charge in [-0.3, -0.25) is 0 Å². The van der Waals surface area contributed by atoms with E-state index in [4.69, 9.17) is 5.11 Å². The lowest BCUT2D eigenvalue weighted by Gasteiger charge is -2.23. The van der Waals surface area contributed by atoms with Crippen molar-refractivity contribution in [1.82, 2.24) is 9.97 Å². The van der Waals surface area contributed by atoms with Crippen LogP contribution in [-0.2, 0) is 4.79 Å². The number of rotatable bonds is 4. The van der Waals surface area contributed by atoms with Crippen LogP contribution in [0.5, 0.6) is 0 Å². The summed E-state index contributed by atoms with van der Waals surface area (Å²) in [7, 11) is 1.75. The van der Waals surface area contributed by atoms with Crippen LogP contribution in [-0.4, -0.2) is 34.1 Å². The number of aromatic nitrogens is 2. The monoisotopic (exact) mass is 235 g/mol. The Hall–Kier alpha value is -1.65. The van der Waals surface area contributed by atoms with Crippen molar-refractivity contribution in [3.63, 3.8) is 0 Å². The number of likely N-dealkylation sites (N-methyl/N-ethyl adjacent to an activating group) is 1. The first-order valence-corrected chi connectivity index (χ1v) is 5.80. The first-order valence-electron chi connectivity index (χ1n) is 5.80. The van der Waals surface area contributed by atoms with E-state index in [9.17, 15) is 4.79 Å². The van der Waals surface area contributed by atoms with Crippen molar-refractivity contribution >= 4 is 11.8 Å². The SMILES string of the molecule is Cc1nc(C2CC2)cc(N(C)C(C)C(=O)O)n1. The summed E-state index contributed by atoms with van der Waals surface area (Å²) < 4.78 is 0. The zero-order chi connectivity index (χ0) is 12.6. The minimum atomic E-state index is -0.850. The van der Waals surface area contributed by atoms with Crippen LogP contribution in [0.15, 0.2) is 6.07 Å². The number of anilines is 1. The first kappa shape index (κ1) is 11.8. The lowest BCUT2D eigenvalue weighted by Crippen LogP contribution is -2.36. The van der Waals surface area contributed by atoms with E-state index >= 15 is 0 Å². The fourth-order valence-corrected chi connectivity index (χ4v) is 1.71. The van der Waals surface area contributed by atoms with Gasteiger partial charge in [-0.25, -0.2) is 14.8 Å². The van der Waals surface area contributed by atoms with Gasteiger partial charge in [0.25, 0.3) is 0 Å². The van der Waals surface area contributed by atoms with E-state index in [0.717, 1.165) is 5.69 Å². The largest absolute Gasteiger partial charge is 0.480 e. The van der Waals surface area contributed by atoms with E-state index < -0.39 is 12.0 Å². The van der Waals surface area contributed by atoms with Crippen LogP contribution in [0, 0.1) is 6.92 Å². The molecule has 0 amide bonds. The van der Waals surface area contributed by atoms with Crippen LogP contribution in [0.1, 0.15) is 37.2 Å². The van der Waals surface area contributed by atoms with Crippen LogP contribution in [0.3, 0.4) is 0 Å². The Morgan fingerprint density at radius 1 is 1.53 bits per heavy atom. The normalized spacial score (nSPS) is 16.6. The maximum atomic E-state index is 10.9. The molecule has 0 radical (unpaired) electrons. The fourth-order valence-electron chi connectivity index (χ4n) is 1.71. The Morgan fingerprint density at radius 2 is 2.18 bits per heavy atom. The molecule has 1 aromatic heterocycles. The molecule has 1 heterocycles. The number of carbonyl (C=O) groups is 1. The third-order valence-electron chi connectivity index (χ3n) is 3.14. The molecule has 17 heavy (non-hydrogen) atoms. The molecule has 5 nitrogen and oxygen atoms in total. The van der Waals surface area contributed by atoms with Crippen molar-refractivity contribution in [2.24, 2.45) is 0 Å². The van der Waals surface area contributed by atoms with E-state index in [1.165, 1.54) is 12.8 Å². The molecule has 1 N–H and O–H groups in total. The van der Waals surface area contributed by atoms with Gasteiger partial charge in [0.05, 0.1) is 0 Å². The summed E-state index contributed by atoms with van der Waals surface area (Å²) in [5.41, 5.74) is 1.04. The lowest BCUT2D eigenvalue weighted by atomic mass is 10.2. The quantitative estimate of drug-likeness (QED) is 0.858. The first-order chi connectivity index (χ1) is 7.99. The second kappa shape index (κ2) is 4.31. The molecule has 1 aliphatic rings. The van der Waals surface area contributed by atoms with Gasteiger partial charge in [-0.2, -0.15) is 0 Å². The molecule has 1 aromatic rings. The van der Waals surface area contributed by atoms with Gasteiger partial charge in [0, 0.05) is 24.7 Å². The van der Waals surface area contributed by atoms with E-state index in [1.54, 1.807) is 18.9 Å². The van der Waals surface area contributed by atoms with Crippen LogP contribution >= 0.6 is 0 Å². The molecular formula is C12H17N3O2. The zero-order valence-electron chi connectivity index (χ0n) is 10.3. The number of hydrogen-bond acceptors (Lipinski definition) is 4. The Balaban J connectivity index is 2.27. The van der Waals surface area contributed by atoms with Crippen LogP contribution in [0.25, 0.3) is 0 Å². The smallest absolute Gasteiger partial charge is 0.326 e. The molecule has 1 fully saturated rings. The topological polar surface area (TPSA) is 66.3 Å². The molecular weight excluding hydrogens is 218 g/mol. The van der Waals surface area contributed by atoms with Gasteiger partial charge in [0.2, 0.25) is 0 Å². The number of nitrogens with zero attached hydrogens (tertiary/aromatic N) is 3. The second-order valence-corrected chi connectivity index (χ2v) is 4.60. The van der Waals surface area contributed by atoms with Gasteiger partial charge in [-0.15, -0.1) is 0 Å². The third-order valence-corrected chi connectivity index (χ3v) is 3.14. The van der Waals surface area contributed by atoms with E-state index in [0.29, 0.717) is 17.6 Å². The Kier molecular flexibility index (Phi) is 3.00. The van der Waals surface area contributed by atoms with Crippen molar-refractivity contribution in [3.8, 4) is 0 Å². The van der Waals surface area contributed by atoms with Gasteiger partial charge >= 0.3 is 5.97 Å². The van der Waals surface area contributed by atoms with Gasteiger partial charge in [-0.1, -0.05) is 0 Å². The highest BCUT2D eigenvalue weighted by Crippen LogP contribution is 2.39. The molecule has 0 saturated heterocycles. The summed E-state index contributed by atoms with van der Waals surface area (Å²) in [6, 6.07) is 1.32. The zero-order valence-corrected chi connectivity index (χ0v) is 10.3. The molecule has 1 atom stereocenters. The van der Waals surface area contributed by atoms with Gasteiger partial charge in [0.1, 0.15) is 17.7 Å². The maximum absolute atomic E-state index is 10.9. The van der Waals surface area contributed by atoms with E-state index in [2.05, 4.69) is 9.97 Å². The van der Waals surface area contributed by atoms with Crippen molar-refractivity contribution in [3.05, 3.63) is 17.6 Å². The summed E-state index contributed by atoms with van der Waals surface area (Å²) in [6.45, 7) is 3.49. The van der Waals surface area contributed by atoms with Crippen molar-refractivity contribution in [2.75, 3.05) is 11.9 Å². The highest BCUT2D eigenvalue weighted by atomic mass is 16.4. The molecule has 2 rings (SSSR count). The Labute approximate surface area is 100 Å². The lowest BCUT2D eigenvalue weighted by molar-refractivity contribution is -0.138. The van der Waals surface area contributed by atoms with Gasteiger partial charge in [-0.05, 0) is 26.7 Å². The predicted octanol–water partition coefficient (Wildman–Crippen LogP) is 1.57. The molecule has 1 unspecified atom stereocenters. The van der Waals surface area contributed by atoms with Crippen LogP contribution < -0.4 is 4.90 Å². The predicted molar refractivity (Wildman–Crippen MR) is 64.2 cm³/mol. The minimum absolute atomic E-state index is 0.545. The maximum Gasteiger partial charge on any atom is 0.326 e. The van der Waals surface area contributed by atoms with E-state index in [1.807, 2.05) is 13.0 Å². The molecule has 1 saturated carbocycles. The third kappa shape index (κ3) is 2.54. The van der Waals surface area contributed by atoms with Gasteiger partial charge in [0.15, 0.2) is 0 Å². The molecule has 0 bridgehead atoms. The molecule has 0 aromatic carbocycles. The highest BCUT2D eigenvalue weighted by Gasteiger charge is 2.27. The summed E-state index contributed by atoms with van der Waals surface area (Å²) in [4.78, 5) is 21.3. The summed E-state index contributed by atoms with van der Waals surface area (Å²) in [6.07, 6.45) is 2.35. The van der Waals surface area contributed by atoms with Crippen molar-refractivity contribution in [1.29, 1.82) is 0 Å². The number of hydrogen-bond donors (Lipinski definition) is 1. The van der Waals surface area contributed by atoms with Gasteiger partial charge < -0.3 is 10.0 Å². The Bertz CT molecular complexity index is 443. The molecule has 1 aliphatic carbocycles.